The lowest BCUT2D eigenvalue weighted by atomic mass is 9.87. The fraction of sp³-hybridized carbons (Fsp3) is 0.250. The fourth-order valence-electron chi connectivity index (χ4n) is 3.26. The zero-order chi connectivity index (χ0) is 22.9. The van der Waals surface area contributed by atoms with Gasteiger partial charge in [-0.25, -0.2) is 4.98 Å². The zero-order valence-electron chi connectivity index (χ0n) is 18.5. The van der Waals surface area contributed by atoms with Gasteiger partial charge >= 0.3 is 0 Å². The molecule has 3 heterocycles. The molecule has 0 aliphatic heterocycles. The van der Waals surface area contributed by atoms with Crippen molar-refractivity contribution < 1.29 is 9.21 Å². The van der Waals surface area contributed by atoms with E-state index in [0.717, 1.165) is 5.56 Å². The van der Waals surface area contributed by atoms with Crippen LogP contribution < -0.4 is 10.9 Å². The van der Waals surface area contributed by atoms with E-state index in [4.69, 9.17) is 4.42 Å². The van der Waals surface area contributed by atoms with Gasteiger partial charge in [0.2, 0.25) is 5.95 Å². The maximum absolute atomic E-state index is 13.0. The Morgan fingerprint density at radius 1 is 1.16 bits per heavy atom. The van der Waals surface area contributed by atoms with Crippen LogP contribution in [0.1, 0.15) is 49.3 Å². The summed E-state index contributed by atoms with van der Waals surface area (Å²) in [7, 11) is 0. The highest BCUT2D eigenvalue weighted by molar-refractivity contribution is 6.04. The van der Waals surface area contributed by atoms with Crippen molar-refractivity contribution in [1.29, 1.82) is 0 Å². The van der Waals surface area contributed by atoms with Crippen LogP contribution in [0.15, 0.2) is 64.0 Å². The summed E-state index contributed by atoms with van der Waals surface area (Å²) < 4.78 is 6.85. The molecule has 0 fully saturated rings. The number of rotatable bonds is 5. The van der Waals surface area contributed by atoms with Crippen LogP contribution in [0, 0.1) is 0 Å². The first kappa shape index (κ1) is 21.3. The van der Waals surface area contributed by atoms with Crippen molar-refractivity contribution >= 4 is 11.7 Å². The van der Waals surface area contributed by atoms with Gasteiger partial charge in [-0.15, -0.1) is 0 Å². The minimum atomic E-state index is -0.299. The van der Waals surface area contributed by atoms with Crippen LogP contribution in [0.5, 0.6) is 0 Å². The normalized spacial score (nSPS) is 11.5. The largest absolute Gasteiger partial charge is 0.463 e. The molecule has 0 unspecified atom stereocenters. The number of amides is 1. The molecule has 0 radical (unpaired) electrons. The number of carbonyl (C=O) groups excluding carboxylic acids is 1. The van der Waals surface area contributed by atoms with Gasteiger partial charge in [-0.2, -0.15) is 9.78 Å². The highest BCUT2D eigenvalue weighted by Gasteiger charge is 2.19. The second kappa shape index (κ2) is 8.30. The van der Waals surface area contributed by atoms with E-state index in [0.29, 0.717) is 35.0 Å². The lowest BCUT2D eigenvalue weighted by Crippen LogP contribution is -2.19. The molecule has 1 aromatic carbocycles. The van der Waals surface area contributed by atoms with Crippen LogP contribution in [0.3, 0.4) is 0 Å². The molecule has 8 nitrogen and oxygen atoms in total. The fourth-order valence-corrected chi connectivity index (χ4v) is 3.26. The lowest BCUT2D eigenvalue weighted by molar-refractivity contribution is 0.102. The molecular weight excluding hydrogens is 406 g/mol. The predicted octanol–water partition coefficient (Wildman–Crippen LogP) is 4.33. The highest BCUT2D eigenvalue weighted by atomic mass is 16.3. The third-order valence-electron chi connectivity index (χ3n) is 5.08. The van der Waals surface area contributed by atoms with Crippen LogP contribution in [0.2, 0.25) is 0 Å². The summed E-state index contributed by atoms with van der Waals surface area (Å²) in [5, 5.41) is 7.39. The summed E-state index contributed by atoms with van der Waals surface area (Å²) in [6.07, 6.45) is 2.13. The predicted molar refractivity (Wildman–Crippen MR) is 122 cm³/mol. The number of hydrogen-bond donors (Lipinski definition) is 2. The molecule has 4 aromatic rings. The van der Waals surface area contributed by atoms with Gasteiger partial charge in [0.05, 0.1) is 6.26 Å². The molecule has 2 N–H and O–H groups in total. The summed E-state index contributed by atoms with van der Waals surface area (Å²) >= 11 is 0. The number of nitrogens with one attached hydrogen (secondary N) is 2. The van der Waals surface area contributed by atoms with Gasteiger partial charge in [0.15, 0.2) is 5.76 Å². The number of furan rings is 1. The monoisotopic (exact) mass is 431 g/mol. The van der Waals surface area contributed by atoms with Crippen LogP contribution in [-0.4, -0.2) is 25.7 Å². The summed E-state index contributed by atoms with van der Waals surface area (Å²) in [6, 6.07) is 14.1. The molecule has 0 saturated carbocycles. The van der Waals surface area contributed by atoms with Crippen molar-refractivity contribution in [2.45, 2.75) is 39.5 Å². The van der Waals surface area contributed by atoms with E-state index in [2.05, 4.69) is 41.2 Å². The average molecular weight is 431 g/mol. The van der Waals surface area contributed by atoms with E-state index in [1.165, 1.54) is 10.7 Å². The van der Waals surface area contributed by atoms with Crippen LogP contribution in [0.4, 0.5) is 5.82 Å². The Hall–Kier alpha value is -3.94. The second-order valence-corrected chi connectivity index (χ2v) is 8.50. The second-order valence-electron chi connectivity index (χ2n) is 8.50. The number of hydrogen-bond acceptors (Lipinski definition) is 5. The van der Waals surface area contributed by atoms with Gasteiger partial charge in [-0.3, -0.25) is 14.6 Å². The molecule has 0 spiro atoms. The van der Waals surface area contributed by atoms with Crippen molar-refractivity contribution in [3.05, 3.63) is 82.0 Å². The van der Waals surface area contributed by atoms with Gasteiger partial charge in [0.1, 0.15) is 11.5 Å². The summed E-state index contributed by atoms with van der Waals surface area (Å²) in [5.74, 6) is 0.803. The Labute approximate surface area is 185 Å². The van der Waals surface area contributed by atoms with Gasteiger partial charge in [0, 0.05) is 23.4 Å². The van der Waals surface area contributed by atoms with E-state index in [9.17, 15) is 9.59 Å². The number of aryl methyl sites for hydroxylation is 1. The van der Waals surface area contributed by atoms with Crippen molar-refractivity contribution in [3.63, 3.8) is 0 Å². The first-order valence-electron chi connectivity index (χ1n) is 10.4. The maximum atomic E-state index is 13.0. The Kier molecular flexibility index (Phi) is 5.52. The first-order valence-corrected chi connectivity index (χ1v) is 10.4. The number of aromatic nitrogens is 4. The number of anilines is 1. The molecule has 0 atom stereocenters. The Balaban J connectivity index is 1.72. The standard InChI is InChI=1S/C24H25N5O3/c1-5-17-13-21(30)27-23(25-17)29-20(14-18(28-29)19-7-6-12-32-19)26-22(31)15-8-10-16(11-9-15)24(2,3)4/h6-14H,5H2,1-4H3,(H,26,31)(H,25,27,30). The zero-order valence-corrected chi connectivity index (χ0v) is 18.5. The molecule has 4 rings (SSSR count). The summed E-state index contributed by atoms with van der Waals surface area (Å²) in [6.45, 7) is 8.27. The number of nitrogens with zero attached hydrogens (tertiary/aromatic N) is 3. The molecule has 3 aromatic heterocycles. The Morgan fingerprint density at radius 2 is 1.91 bits per heavy atom. The maximum Gasteiger partial charge on any atom is 0.256 e. The van der Waals surface area contributed by atoms with E-state index in [1.54, 1.807) is 36.6 Å². The number of benzene rings is 1. The smallest absolute Gasteiger partial charge is 0.256 e. The molecule has 32 heavy (non-hydrogen) atoms. The van der Waals surface area contributed by atoms with E-state index in [-0.39, 0.29) is 22.8 Å². The van der Waals surface area contributed by atoms with Crippen molar-refractivity contribution in [3.8, 4) is 17.4 Å². The average Bonchev–Trinajstić information content (AvgIpc) is 3.42. The topological polar surface area (TPSA) is 106 Å². The van der Waals surface area contributed by atoms with E-state index in [1.807, 2.05) is 19.1 Å². The molecule has 0 aliphatic rings. The molecule has 8 heteroatoms. The minimum Gasteiger partial charge on any atom is -0.463 e. The first-order chi connectivity index (χ1) is 15.2. The van der Waals surface area contributed by atoms with Crippen LogP contribution in [-0.2, 0) is 11.8 Å². The van der Waals surface area contributed by atoms with Crippen LogP contribution in [0.25, 0.3) is 17.4 Å². The lowest BCUT2D eigenvalue weighted by Gasteiger charge is -2.19. The van der Waals surface area contributed by atoms with Crippen molar-refractivity contribution in [1.82, 2.24) is 19.7 Å². The quantitative estimate of drug-likeness (QED) is 0.489. The van der Waals surface area contributed by atoms with Crippen LogP contribution >= 0.6 is 0 Å². The minimum absolute atomic E-state index is 0.00654. The highest BCUT2D eigenvalue weighted by Crippen LogP contribution is 2.25. The number of H-pyrrole nitrogens is 1. The molecule has 0 aliphatic carbocycles. The molecular formula is C24H25N5O3. The Morgan fingerprint density at radius 3 is 2.53 bits per heavy atom. The van der Waals surface area contributed by atoms with Gasteiger partial charge in [0.25, 0.3) is 11.5 Å². The molecule has 0 bridgehead atoms. The number of aromatic amines is 1. The SMILES string of the molecule is CCc1cc(=O)[nH]c(-n2nc(-c3ccco3)cc2NC(=O)c2ccc(C(C)(C)C)cc2)n1. The van der Waals surface area contributed by atoms with Crippen molar-refractivity contribution in [2.24, 2.45) is 0 Å². The van der Waals surface area contributed by atoms with Crippen molar-refractivity contribution in [2.75, 3.05) is 5.32 Å². The summed E-state index contributed by atoms with van der Waals surface area (Å²) in [4.78, 5) is 32.2. The van der Waals surface area contributed by atoms with Gasteiger partial charge in [-0.1, -0.05) is 39.8 Å². The molecule has 1 amide bonds. The molecule has 164 valence electrons. The Bertz CT molecular complexity index is 1290. The number of carbonyl (C=O) groups is 1. The van der Waals surface area contributed by atoms with Gasteiger partial charge in [-0.05, 0) is 41.7 Å². The third-order valence-corrected chi connectivity index (χ3v) is 5.08. The third kappa shape index (κ3) is 4.39. The summed E-state index contributed by atoms with van der Waals surface area (Å²) in [5.41, 5.74) is 2.46. The van der Waals surface area contributed by atoms with E-state index < -0.39 is 0 Å². The molecule has 0 saturated heterocycles. The van der Waals surface area contributed by atoms with E-state index >= 15 is 0 Å². The van der Waals surface area contributed by atoms with Gasteiger partial charge < -0.3 is 9.73 Å².